The molecule has 29 heavy (non-hydrogen) atoms. The van der Waals surface area contributed by atoms with Gasteiger partial charge in [0.25, 0.3) is 0 Å². The highest BCUT2D eigenvalue weighted by molar-refractivity contribution is 5.80. The van der Waals surface area contributed by atoms with Crippen LogP contribution in [0.3, 0.4) is 0 Å². The molecule has 9 nitrogen and oxygen atoms in total. The summed E-state index contributed by atoms with van der Waals surface area (Å²) < 4.78 is 5.73. The molecule has 0 radical (unpaired) electrons. The first-order chi connectivity index (χ1) is 14.0. The molecule has 3 aliphatic heterocycles. The minimum Gasteiger partial charge on any atom is -0.388 e. The summed E-state index contributed by atoms with van der Waals surface area (Å²) in [6, 6.07) is 0. The van der Waals surface area contributed by atoms with Gasteiger partial charge in [0.05, 0.1) is 18.7 Å². The van der Waals surface area contributed by atoms with Gasteiger partial charge >= 0.3 is 0 Å². The van der Waals surface area contributed by atoms with E-state index in [0.717, 1.165) is 38.9 Å². The third kappa shape index (κ3) is 5.08. The van der Waals surface area contributed by atoms with Crippen molar-refractivity contribution in [2.45, 2.75) is 69.1 Å². The Balaban J connectivity index is 1.21. The average Bonchev–Trinajstić information content (AvgIpc) is 3.57. The number of hydrogen-bond donors (Lipinski definition) is 4. The summed E-state index contributed by atoms with van der Waals surface area (Å²) in [5, 5.41) is 26.8. The smallest absolute Gasteiger partial charge is 0.225 e. The lowest BCUT2D eigenvalue weighted by atomic mass is 10.0. The van der Waals surface area contributed by atoms with Crippen molar-refractivity contribution in [3.63, 3.8) is 0 Å². The number of carbonyl (C=O) groups is 2. The molecule has 9 heteroatoms. The SMILES string of the molecule is O=C(NCC1OC(CC(=O)N2CCN(C3CCCCN3)CC2)C(O)C1O)C1CC1. The van der Waals surface area contributed by atoms with Crippen LogP contribution in [0, 0.1) is 5.92 Å². The van der Waals surface area contributed by atoms with Crippen molar-refractivity contribution < 1.29 is 24.5 Å². The molecule has 164 valence electrons. The molecule has 4 aliphatic rings. The molecular formula is C20H34N4O5. The van der Waals surface area contributed by atoms with Crippen LogP contribution in [0.4, 0.5) is 0 Å². The van der Waals surface area contributed by atoms with Gasteiger partial charge in [0.15, 0.2) is 0 Å². The number of piperazine rings is 1. The summed E-state index contributed by atoms with van der Waals surface area (Å²) >= 11 is 0. The lowest BCUT2D eigenvalue weighted by molar-refractivity contribution is -0.137. The van der Waals surface area contributed by atoms with Gasteiger partial charge in [-0.2, -0.15) is 0 Å². The number of piperidine rings is 1. The highest BCUT2D eigenvalue weighted by Gasteiger charge is 2.44. The zero-order chi connectivity index (χ0) is 20.4. The normalized spacial score (nSPS) is 36.2. The number of nitrogens with zero attached hydrogens (tertiary/aromatic N) is 2. The van der Waals surface area contributed by atoms with Crippen LogP contribution in [0.25, 0.3) is 0 Å². The number of nitrogens with one attached hydrogen (secondary N) is 2. The Morgan fingerprint density at radius 1 is 1.00 bits per heavy atom. The largest absolute Gasteiger partial charge is 0.388 e. The maximum Gasteiger partial charge on any atom is 0.225 e. The second-order valence-electron chi connectivity index (χ2n) is 8.80. The molecule has 0 spiro atoms. The summed E-state index contributed by atoms with van der Waals surface area (Å²) in [6.45, 7) is 4.25. The Hall–Kier alpha value is -1.26. The number of amides is 2. The fourth-order valence-corrected chi connectivity index (χ4v) is 4.58. The molecule has 0 bridgehead atoms. The van der Waals surface area contributed by atoms with Gasteiger partial charge in [0.1, 0.15) is 18.3 Å². The minimum absolute atomic E-state index is 0.0276. The second-order valence-corrected chi connectivity index (χ2v) is 8.80. The number of hydrogen-bond acceptors (Lipinski definition) is 7. The van der Waals surface area contributed by atoms with Crippen LogP contribution >= 0.6 is 0 Å². The predicted molar refractivity (Wildman–Crippen MR) is 105 cm³/mol. The fourth-order valence-electron chi connectivity index (χ4n) is 4.58. The van der Waals surface area contributed by atoms with Crippen molar-refractivity contribution in [2.75, 3.05) is 39.3 Å². The van der Waals surface area contributed by atoms with E-state index in [0.29, 0.717) is 19.3 Å². The first-order valence-electron chi connectivity index (χ1n) is 11.1. The Labute approximate surface area is 171 Å². The number of ether oxygens (including phenoxy) is 1. The molecule has 0 aromatic rings. The van der Waals surface area contributed by atoms with Gasteiger partial charge in [0.2, 0.25) is 11.8 Å². The molecule has 5 unspecified atom stereocenters. The van der Waals surface area contributed by atoms with Crippen molar-refractivity contribution in [1.82, 2.24) is 20.4 Å². The third-order valence-corrected chi connectivity index (χ3v) is 6.65. The van der Waals surface area contributed by atoms with Crippen molar-refractivity contribution >= 4 is 11.8 Å². The summed E-state index contributed by atoms with van der Waals surface area (Å²) in [7, 11) is 0. The molecule has 4 N–H and O–H groups in total. The Bertz CT molecular complexity index is 587. The first kappa shape index (κ1) is 21.0. The van der Waals surface area contributed by atoms with E-state index < -0.39 is 24.4 Å². The zero-order valence-electron chi connectivity index (χ0n) is 17.0. The number of aliphatic hydroxyl groups excluding tert-OH is 2. The van der Waals surface area contributed by atoms with Gasteiger partial charge in [-0.1, -0.05) is 0 Å². The maximum atomic E-state index is 12.7. The molecule has 4 fully saturated rings. The molecule has 2 amide bonds. The van der Waals surface area contributed by atoms with E-state index >= 15 is 0 Å². The maximum absolute atomic E-state index is 12.7. The van der Waals surface area contributed by atoms with Gasteiger partial charge in [-0.15, -0.1) is 0 Å². The van der Waals surface area contributed by atoms with Crippen LogP contribution in [-0.2, 0) is 14.3 Å². The zero-order valence-corrected chi connectivity index (χ0v) is 17.0. The molecule has 0 aromatic carbocycles. The first-order valence-corrected chi connectivity index (χ1v) is 11.1. The van der Waals surface area contributed by atoms with E-state index in [1.165, 1.54) is 12.8 Å². The van der Waals surface area contributed by atoms with Crippen LogP contribution in [0.1, 0.15) is 38.5 Å². The molecule has 0 aromatic heterocycles. The van der Waals surface area contributed by atoms with E-state index in [9.17, 15) is 19.8 Å². The van der Waals surface area contributed by atoms with Crippen LogP contribution in [0.15, 0.2) is 0 Å². The summed E-state index contributed by atoms with van der Waals surface area (Å²) in [4.78, 5) is 28.7. The van der Waals surface area contributed by atoms with E-state index in [1.54, 1.807) is 0 Å². The predicted octanol–water partition coefficient (Wildman–Crippen LogP) is -1.36. The van der Waals surface area contributed by atoms with E-state index in [-0.39, 0.29) is 30.7 Å². The summed E-state index contributed by atoms with van der Waals surface area (Å²) in [6.07, 6.45) is 2.29. The second kappa shape index (κ2) is 9.26. The van der Waals surface area contributed by atoms with Crippen molar-refractivity contribution in [3.8, 4) is 0 Å². The molecule has 3 heterocycles. The van der Waals surface area contributed by atoms with E-state index in [4.69, 9.17) is 4.74 Å². The van der Waals surface area contributed by atoms with Gasteiger partial charge in [-0.3, -0.25) is 14.5 Å². The van der Waals surface area contributed by atoms with Crippen LogP contribution < -0.4 is 10.6 Å². The molecule has 3 saturated heterocycles. The average molecular weight is 411 g/mol. The Kier molecular flexibility index (Phi) is 6.70. The van der Waals surface area contributed by atoms with Crippen LogP contribution in [0.5, 0.6) is 0 Å². The van der Waals surface area contributed by atoms with Gasteiger partial charge in [0, 0.05) is 38.6 Å². The molecule has 1 saturated carbocycles. The summed E-state index contributed by atoms with van der Waals surface area (Å²) in [5.74, 6) is -0.00127. The van der Waals surface area contributed by atoms with Gasteiger partial charge in [-0.05, 0) is 38.6 Å². The number of rotatable bonds is 6. The Morgan fingerprint density at radius 3 is 2.38 bits per heavy atom. The van der Waals surface area contributed by atoms with Gasteiger partial charge in [-0.25, -0.2) is 0 Å². The topological polar surface area (TPSA) is 114 Å². The molecule has 1 aliphatic carbocycles. The molecular weight excluding hydrogens is 376 g/mol. The lowest BCUT2D eigenvalue weighted by Crippen LogP contribution is -2.57. The summed E-state index contributed by atoms with van der Waals surface area (Å²) in [5.41, 5.74) is 0. The highest BCUT2D eigenvalue weighted by atomic mass is 16.5. The quantitative estimate of drug-likeness (QED) is 0.427. The van der Waals surface area contributed by atoms with Crippen LogP contribution in [0.2, 0.25) is 0 Å². The fraction of sp³-hybridized carbons (Fsp3) is 0.900. The minimum atomic E-state index is -1.12. The molecule has 5 atom stereocenters. The molecule has 4 rings (SSSR count). The van der Waals surface area contributed by atoms with Crippen molar-refractivity contribution in [3.05, 3.63) is 0 Å². The monoisotopic (exact) mass is 410 g/mol. The van der Waals surface area contributed by atoms with Crippen LogP contribution in [-0.4, -0.2) is 102 Å². The number of aliphatic hydroxyl groups is 2. The highest BCUT2D eigenvalue weighted by Crippen LogP contribution is 2.29. The Morgan fingerprint density at radius 2 is 1.72 bits per heavy atom. The van der Waals surface area contributed by atoms with Crippen molar-refractivity contribution in [2.24, 2.45) is 5.92 Å². The van der Waals surface area contributed by atoms with Crippen molar-refractivity contribution in [1.29, 1.82) is 0 Å². The van der Waals surface area contributed by atoms with E-state index in [2.05, 4.69) is 15.5 Å². The number of carbonyl (C=O) groups excluding carboxylic acids is 2. The lowest BCUT2D eigenvalue weighted by Gasteiger charge is -2.41. The third-order valence-electron chi connectivity index (χ3n) is 6.65. The van der Waals surface area contributed by atoms with E-state index in [1.807, 2.05) is 4.90 Å². The van der Waals surface area contributed by atoms with Gasteiger partial charge < -0.3 is 30.5 Å². The standard InChI is InChI=1S/C20H34N4O5/c25-17(24-9-7-23(8-10-24)16-3-1-2-6-21-16)11-14-18(26)19(27)15(29-14)12-22-20(28)13-4-5-13/h13-16,18-19,21,26-27H,1-12H2,(H,22,28).